The summed E-state index contributed by atoms with van der Waals surface area (Å²) in [6.45, 7) is 0. The predicted molar refractivity (Wildman–Crippen MR) is 76.6 cm³/mol. The Morgan fingerprint density at radius 1 is 1.12 bits per heavy atom. The molecule has 0 spiro atoms. The number of hydrogen-bond donors (Lipinski definition) is 0. The zero-order valence-electron chi connectivity index (χ0n) is 8.71. The molecule has 1 nitrogen and oxygen atoms in total. The zero-order valence-corrected chi connectivity index (χ0v) is 11.2. The van der Waals surface area contributed by atoms with Crippen molar-refractivity contribution in [1.82, 2.24) is 0 Å². The highest BCUT2D eigenvalue weighted by atomic mass is 32.2. The Bertz CT molecular complexity index is 689. The van der Waals surface area contributed by atoms with E-state index in [1.165, 1.54) is 31.6 Å². The summed E-state index contributed by atoms with van der Waals surface area (Å²) in [5.74, 6) is 0. The molecule has 17 heavy (non-hydrogen) atoms. The molecule has 0 aliphatic rings. The third-order valence-corrected chi connectivity index (χ3v) is 5.51. The third kappa shape index (κ3) is 1.87. The minimum absolute atomic E-state index is 1.09. The first-order valence-corrected chi connectivity index (χ1v) is 7.53. The van der Waals surface area contributed by atoms with Crippen LogP contribution in [0.3, 0.4) is 0 Å². The van der Waals surface area contributed by atoms with Crippen molar-refractivity contribution in [2.24, 2.45) is 0 Å². The molecule has 0 radical (unpaired) electrons. The number of benzene rings is 1. The van der Waals surface area contributed by atoms with E-state index < -0.39 is 0 Å². The average molecular weight is 273 g/mol. The van der Waals surface area contributed by atoms with Crippen molar-refractivity contribution in [3.8, 4) is 15.2 Å². The molecule has 3 rings (SSSR count). The van der Waals surface area contributed by atoms with Gasteiger partial charge in [0.15, 0.2) is 0 Å². The van der Waals surface area contributed by atoms with Crippen molar-refractivity contribution < 1.29 is 0 Å². The van der Waals surface area contributed by atoms with E-state index in [1.54, 1.807) is 22.7 Å². The fraction of sp³-hybridized carbons (Fsp3) is 0. The van der Waals surface area contributed by atoms with Gasteiger partial charge in [-0.15, -0.1) is 22.7 Å². The molecule has 0 aliphatic heterocycles. The molecular weight excluding hydrogens is 266 g/mol. The fourth-order valence-electron chi connectivity index (χ4n) is 1.74. The SMILES string of the molecule is N#CSc1c(-c2cccs2)sc2ccccc12. The average Bonchev–Trinajstić information content (AvgIpc) is 2.97. The predicted octanol–water partition coefficient (Wildman–Crippen LogP) is 5.20. The van der Waals surface area contributed by atoms with Gasteiger partial charge in [-0.2, -0.15) is 5.26 Å². The molecule has 0 saturated heterocycles. The Morgan fingerprint density at radius 3 is 2.76 bits per heavy atom. The molecule has 2 aromatic heterocycles. The summed E-state index contributed by atoms with van der Waals surface area (Å²) >= 11 is 4.74. The van der Waals surface area contributed by atoms with Crippen LogP contribution in [0.4, 0.5) is 0 Å². The van der Waals surface area contributed by atoms with E-state index in [0.29, 0.717) is 0 Å². The molecule has 0 saturated carbocycles. The second kappa shape index (κ2) is 4.53. The Morgan fingerprint density at radius 2 is 2.00 bits per heavy atom. The van der Waals surface area contributed by atoms with Gasteiger partial charge in [-0.25, -0.2) is 0 Å². The molecule has 0 bridgehead atoms. The summed E-state index contributed by atoms with van der Waals surface area (Å²) in [4.78, 5) is 3.55. The number of fused-ring (bicyclic) bond motifs is 1. The van der Waals surface area contributed by atoms with Crippen LogP contribution >= 0.6 is 34.4 Å². The molecule has 0 atom stereocenters. The lowest BCUT2D eigenvalue weighted by Crippen LogP contribution is -1.69. The second-order valence-electron chi connectivity index (χ2n) is 3.43. The number of thiophene rings is 2. The largest absolute Gasteiger partial charge is 0.185 e. The number of nitrogens with zero attached hydrogens (tertiary/aromatic N) is 1. The van der Waals surface area contributed by atoms with E-state index in [9.17, 15) is 0 Å². The van der Waals surface area contributed by atoms with Crippen LogP contribution in [-0.4, -0.2) is 0 Å². The standard InChI is InChI=1S/C13H7NS3/c14-8-16-12-9-4-1-2-5-10(9)17-13(12)11-6-3-7-15-11/h1-7H. The maximum absolute atomic E-state index is 8.94. The van der Waals surface area contributed by atoms with E-state index in [0.717, 1.165) is 4.90 Å². The Kier molecular flexibility index (Phi) is 2.89. The molecule has 82 valence electrons. The molecule has 0 unspecified atom stereocenters. The summed E-state index contributed by atoms with van der Waals surface area (Å²) in [6, 6.07) is 12.4. The first kappa shape index (κ1) is 10.8. The van der Waals surface area contributed by atoms with Gasteiger partial charge in [0, 0.05) is 19.9 Å². The number of thiocyanates is 1. The van der Waals surface area contributed by atoms with Crippen LogP contribution < -0.4 is 0 Å². The van der Waals surface area contributed by atoms with Crippen LogP contribution in [0, 0.1) is 10.7 Å². The van der Waals surface area contributed by atoms with Gasteiger partial charge in [-0.3, -0.25) is 0 Å². The van der Waals surface area contributed by atoms with Crippen molar-refractivity contribution in [2.45, 2.75) is 4.90 Å². The molecule has 4 heteroatoms. The van der Waals surface area contributed by atoms with Gasteiger partial charge in [0.2, 0.25) is 0 Å². The smallest absolute Gasteiger partial charge is 0.138 e. The topological polar surface area (TPSA) is 23.8 Å². The molecular formula is C13H7NS3. The van der Waals surface area contributed by atoms with E-state index in [2.05, 4.69) is 29.0 Å². The maximum Gasteiger partial charge on any atom is 0.138 e. The number of rotatable bonds is 2. The Labute approximate surface area is 111 Å². The Balaban J connectivity index is 2.31. The van der Waals surface area contributed by atoms with Gasteiger partial charge in [-0.1, -0.05) is 24.3 Å². The molecule has 0 aliphatic carbocycles. The van der Waals surface area contributed by atoms with E-state index in [-0.39, 0.29) is 0 Å². The van der Waals surface area contributed by atoms with Gasteiger partial charge >= 0.3 is 0 Å². The molecule has 0 amide bonds. The third-order valence-electron chi connectivity index (χ3n) is 2.44. The van der Waals surface area contributed by atoms with Crippen molar-refractivity contribution in [1.29, 1.82) is 5.26 Å². The van der Waals surface area contributed by atoms with Gasteiger partial charge < -0.3 is 0 Å². The summed E-state index contributed by atoms with van der Waals surface area (Å²) in [6.07, 6.45) is 0. The summed E-state index contributed by atoms with van der Waals surface area (Å²) < 4.78 is 1.24. The normalized spacial score (nSPS) is 10.5. The summed E-state index contributed by atoms with van der Waals surface area (Å²) in [5, 5.41) is 14.4. The van der Waals surface area contributed by atoms with Crippen LogP contribution in [-0.2, 0) is 0 Å². The van der Waals surface area contributed by atoms with Crippen molar-refractivity contribution in [3.63, 3.8) is 0 Å². The number of thioether (sulfide) groups is 1. The van der Waals surface area contributed by atoms with Gasteiger partial charge in [-0.05, 0) is 29.3 Å². The van der Waals surface area contributed by atoms with Gasteiger partial charge in [0.1, 0.15) is 5.40 Å². The van der Waals surface area contributed by atoms with E-state index in [4.69, 9.17) is 5.26 Å². The van der Waals surface area contributed by atoms with Crippen LogP contribution in [0.25, 0.3) is 19.8 Å². The lowest BCUT2D eigenvalue weighted by atomic mass is 10.2. The minimum atomic E-state index is 1.09. The molecule has 0 N–H and O–H groups in total. The van der Waals surface area contributed by atoms with Crippen molar-refractivity contribution in [2.75, 3.05) is 0 Å². The number of nitriles is 1. The maximum atomic E-state index is 8.94. The Hall–Kier alpha value is -1.28. The first-order chi connectivity index (χ1) is 8.40. The van der Waals surface area contributed by atoms with Crippen LogP contribution in [0.15, 0.2) is 46.7 Å². The van der Waals surface area contributed by atoms with Crippen LogP contribution in [0.1, 0.15) is 0 Å². The van der Waals surface area contributed by atoms with Gasteiger partial charge in [0.05, 0.1) is 4.88 Å². The lowest BCUT2D eigenvalue weighted by Gasteiger charge is -1.95. The van der Waals surface area contributed by atoms with Crippen LogP contribution in [0.5, 0.6) is 0 Å². The summed E-state index contributed by atoms with van der Waals surface area (Å²) in [7, 11) is 0. The highest BCUT2D eigenvalue weighted by Crippen LogP contribution is 2.45. The zero-order chi connectivity index (χ0) is 11.7. The molecule has 3 aromatic rings. The van der Waals surface area contributed by atoms with Crippen molar-refractivity contribution in [3.05, 3.63) is 41.8 Å². The monoisotopic (exact) mass is 273 g/mol. The number of hydrogen-bond acceptors (Lipinski definition) is 4. The van der Waals surface area contributed by atoms with Crippen LogP contribution in [0.2, 0.25) is 0 Å². The minimum Gasteiger partial charge on any atom is -0.185 e. The van der Waals surface area contributed by atoms with Gasteiger partial charge in [0.25, 0.3) is 0 Å². The highest BCUT2D eigenvalue weighted by molar-refractivity contribution is 8.04. The van der Waals surface area contributed by atoms with E-state index in [1.807, 2.05) is 18.2 Å². The lowest BCUT2D eigenvalue weighted by molar-refractivity contribution is 1.56. The second-order valence-corrected chi connectivity index (χ2v) is 6.22. The molecule has 1 aromatic carbocycles. The fourth-order valence-corrected chi connectivity index (χ4v) is 4.66. The quantitative estimate of drug-likeness (QED) is 0.473. The molecule has 0 fully saturated rings. The molecule has 2 heterocycles. The highest BCUT2D eigenvalue weighted by Gasteiger charge is 2.14. The van der Waals surface area contributed by atoms with E-state index >= 15 is 0 Å². The first-order valence-electron chi connectivity index (χ1n) is 5.01. The summed E-state index contributed by atoms with van der Waals surface area (Å²) in [5.41, 5.74) is 0. The van der Waals surface area contributed by atoms with Crippen molar-refractivity contribution >= 4 is 44.5 Å².